The minimum absolute atomic E-state index is 0.0137. The number of anilines is 1. The van der Waals surface area contributed by atoms with Crippen molar-refractivity contribution in [2.75, 3.05) is 19.0 Å². The number of carbonyl (C=O) groups excluding carboxylic acids is 4. The number of H-pyrrole nitrogens is 1. The Bertz CT molecular complexity index is 2590. The largest absolute Gasteiger partial charge is 0.494 e. The number of thiazole rings is 1. The van der Waals surface area contributed by atoms with Crippen molar-refractivity contribution < 1.29 is 33.8 Å². The average Bonchev–Trinajstić information content (AvgIpc) is 4.07. The van der Waals surface area contributed by atoms with Crippen molar-refractivity contribution in [1.29, 1.82) is 0 Å². The number of benzene rings is 3. The summed E-state index contributed by atoms with van der Waals surface area (Å²) < 4.78 is 11.6. The molecule has 7 rings (SSSR count). The van der Waals surface area contributed by atoms with Crippen LogP contribution >= 0.6 is 11.3 Å². The third-order valence-electron chi connectivity index (χ3n) is 11.0. The van der Waals surface area contributed by atoms with Crippen LogP contribution in [0.15, 0.2) is 103 Å². The van der Waals surface area contributed by atoms with Crippen LogP contribution in [-0.4, -0.2) is 85.6 Å². The van der Waals surface area contributed by atoms with E-state index < -0.39 is 35.4 Å². The summed E-state index contributed by atoms with van der Waals surface area (Å²) in [6.45, 7) is 9.61. The number of aliphatic hydroxyl groups excluding tert-OH is 1. The fraction of sp³-hybridized carbons (Fsp3) is 0.312. The highest BCUT2D eigenvalue weighted by Crippen LogP contribution is 2.32. The van der Waals surface area contributed by atoms with Gasteiger partial charge in [-0.2, -0.15) is 5.10 Å². The number of nitrogens with zero attached hydrogens (tertiary/aromatic N) is 4. The van der Waals surface area contributed by atoms with Crippen LogP contribution in [0.4, 0.5) is 5.69 Å². The lowest BCUT2D eigenvalue weighted by molar-refractivity contribution is -0.144. The second-order valence-electron chi connectivity index (χ2n) is 16.9. The number of aliphatic hydroxyl groups is 1. The third-order valence-corrected chi connectivity index (χ3v) is 12.0. The number of rotatable bonds is 15. The van der Waals surface area contributed by atoms with Gasteiger partial charge >= 0.3 is 0 Å². The molecule has 15 nitrogen and oxygen atoms in total. The zero-order chi connectivity index (χ0) is 45.5. The molecule has 3 aromatic heterocycles. The Morgan fingerprint density at radius 2 is 1.72 bits per heavy atom. The minimum atomic E-state index is -0.958. The van der Waals surface area contributed by atoms with Gasteiger partial charge in [0.05, 0.1) is 58.8 Å². The highest BCUT2D eigenvalue weighted by molar-refractivity contribution is 7.13. The number of amides is 4. The molecule has 3 aromatic carbocycles. The predicted molar refractivity (Wildman–Crippen MR) is 244 cm³/mol. The van der Waals surface area contributed by atoms with Gasteiger partial charge in [0.1, 0.15) is 35.9 Å². The predicted octanol–water partition coefficient (Wildman–Crippen LogP) is 6.66. The van der Waals surface area contributed by atoms with E-state index in [2.05, 4.69) is 36.1 Å². The Morgan fingerprint density at radius 1 is 0.969 bits per heavy atom. The molecular weight excluding hydrogens is 833 g/mol. The molecule has 6 aromatic rings. The van der Waals surface area contributed by atoms with E-state index in [0.29, 0.717) is 28.6 Å². The normalized spacial score (nSPS) is 15.8. The zero-order valence-electron chi connectivity index (χ0n) is 36.5. The number of hydrogen-bond donors (Lipinski definition) is 5. The lowest BCUT2D eigenvalue weighted by Crippen LogP contribution is -2.58. The van der Waals surface area contributed by atoms with Gasteiger partial charge in [0, 0.05) is 25.2 Å². The number of nitrogens with one attached hydrogen (secondary N) is 4. The maximum absolute atomic E-state index is 14.2. The fourth-order valence-corrected chi connectivity index (χ4v) is 8.31. The van der Waals surface area contributed by atoms with Gasteiger partial charge in [-0.1, -0.05) is 75.4 Å². The average molecular weight is 885 g/mol. The molecule has 1 saturated heterocycles. The van der Waals surface area contributed by atoms with E-state index in [1.165, 1.54) is 12.0 Å². The molecule has 1 fully saturated rings. The van der Waals surface area contributed by atoms with Gasteiger partial charge < -0.3 is 35.4 Å². The lowest BCUT2D eigenvalue weighted by atomic mass is 9.85. The van der Waals surface area contributed by atoms with Crippen molar-refractivity contribution in [3.05, 3.63) is 131 Å². The number of hydrogen-bond acceptors (Lipinski definition) is 11. The summed E-state index contributed by atoms with van der Waals surface area (Å²) >= 11 is 1.57. The Morgan fingerprint density at radius 3 is 2.39 bits per heavy atom. The van der Waals surface area contributed by atoms with Gasteiger partial charge in [-0.15, -0.1) is 11.3 Å². The fourth-order valence-electron chi connectivity index (χ4n) is 7.49. The molecule has 0 bridgehead atoms. The van der Waals surface area contributed by atoms with Crippen molar-refractivity contribution in [3.8, 4) is 33.3 Å². The third kappa shape index (κ3) is 10.8. The first-order valence-electron chi connectivity index (χ1n) is 20.9. The van der Waals surface area contributed by atoms with Crippen LogP contribution in [0, 0.1) is 12.3 Å². The number of methoxy groups -OCH3 is 1. The number of likely N-dealkylation sites (tertiary alicyclic amines) is 1. The maximum Gasteiger partial charge on any atom is 0.274 e. The summed E-state index contributed by atoms with van der Waals surface area (Å²) in [6, 6.07) is 25.1. The molecule has 0 radical (unpaired) electrons. The molecule has 16 heteroatoms. The number of pyridine rings is 1. The van der Waals surface area contributed by atoms with E-state index in [1.807, 2.05) is 88.7 Å². The summed E-state index contributed by atoms with van der Waals surface area (Å²) in [5.74, 6) is -0.646. The molecule has 5 N–H and O–H groups in total. The summed E-state index contributed by atoms with van der Waals surface area (Å²) in [4.78, 5) is 65.7. The topological polar surface area (TPSA) is 201 Å². The van der Waals surface area contributed by atoms with E-state index >= 15 is 0 Å². The van der Waals surface area contributed by atoms with E-state index in [9.17, 15) is 24.3 Å². The van der Waals surface area contributed by atoms with Crippen molar-refractivity contribution in [2.45, 2.75) is 78.3 Å². The lowest BCUT2D eigenvalue weighted by Gasteiger charge is -2.35. The minimum Gasteiger partial charge on any atom is -0.494 e. The molecule has 0 spiro atoms. The first-order valence-corrected chi connectivity index (χ1v) is 21.8. The zero-order valence-corrected chi connectivity index (χ0v) is 37.4. The van der Waals surface area contributed by atoms with Crippen LogP contribution in [-0.2, 0) is 27.4 Å². The Kier molecular flexibility index (Phi) is 13.9. The van der Waals surface area contributed by atoms with Gasteiger partial charge in [0.25, 0.3) is 5.91 Å². The van der Waals surface area contributed by atoms with Crippen molar-refractivity contribution in [1.82, 2.24) is 35.7 Å². The maximum atomic E-state index is 14.2. The van der Waals surface area contributed by atoms with Crippen LogP contribution in [0.2, 0.25) is 0 Å². The molecule has 1 aliphatic rings. The van der Waals surface area contributed by atoms with Crippen molar-refractivity contribution in [3.63, 3.8) is 0 Å². The molecule has 4 heterocycles. The van der Waals surface area contributed by atoms with Crippen molar-refractivity contribution in [2.24, 2.45) is 5.41 Å². The SMILES string of the molecule is COc1cc(OCc2ccc(CC(=O)N[C@H](C(=O)N3C[C@H](O)C[C@H]3C(=O)N[C@@H](C)c3ccc(-c4scnc4C)cc3)C(C)(C)C)cc2)ccc1NC(=O)c1cccc(-c2ccn[nH]2)n1. The van der Waals surface area contributed by atoms with Crippen molar-refractivity contribution >= 4 is 40.7 Å². The van der Waals surface area contributed by atoms with E-state index in [1.54, 1.807) is 60.0 Å². The number of aryl methyl sites for hydroxylation is 1. The van der Waals surface area contributed by atoms with Gasteiger partial charge in [-0.25, -0.2) is 9.97 Å². The number of β-amino-alcohol motifs (C(OH)–C–C–N with tert-alkyl or cyclic N) is 1. The monoisotopic (exact) mass is 884 g/mol. The standard InChI is InChI=1S/C48H52N8O7S/c1-28(32-14-16-33(17-15-32)43-29(2)49-27-64-43)51-46(60)40-23-34(57)25-56(40)47(61)44(48(3,4)5)54-42(58)22-30-10-12-31(13-11-30)26-63-35-18-19-38(41(24-35)62-6)53-45(59)39-9-7-8-36(52-39)37-20-21-50-55-37/h7-21,24,27-28,34,40,44,57H,22-23,25-26H2,1-6H3,(H,50,55)(H,51,60)(H,53,59)(H,54,58)/t28-,34+,40-,44+/m0/s1. The van der Waals surface area contributed by atoms with Crippen LogP contribution < -0.4 is 25.4 Å². The molecule has 4 atom stereocenters. The number of carbonyl (C=O) groups is 4. The molecule has 332 valence electrons. The molecule has 4 amide bonds. The van der Waals surface area contributed by atoms with Crippen LogP contribution in [0.5, 0.6) is 11.5 Å². The van der Waals surface area contributed by atoms with Crippen LogP contribution in [0.1, 0.15) is 73.0 Å². The molecule has 64 heavy (non-hydrogen) atoms. The molecule has 0 saturated carbocycles. The first-order chi connectivity index (χ1) is 30.7. The Balaban J connectivity index is 0.920. The highest BCUT2D eigenvalue weighted by Gasteiger charge is 2.44. The Labute approximate surface area is 375 Å². The molecule has 1 aliphatic heterocycles. The van der Waals surface area contributed by atoms with Gasteiger partial charge in [-0.3, -0.25) is 24.3 Å². The van der Waals surface area contributed by atoms with Gasteiger partial charge in [0.2, 0.25) is 17.7 Å². The second kappa shape index (κ2) is 19.6. The summed E-state index contributed by atoms with van der Waals surface area (Å²) in [6.07, 6.45) is 0.834. The summed E-state index contributed by atoms with van der Waals surface area (Å²) in [5, 5.41) is 26.3. The molecular formula is C48H52N8O7S. The summed E-state index contributed by atoms with van der Waals surface area (Å²) in [7, 11) is 1.50. The molecule has 0 unspecified atom stereocenters. The number of ether oxygens (including phenoxy) is 2. The quantitative estimate of drug-likeness (QED) is 0.0743. The number of aromatic amines is 1. The van der Waals surface area contributed by atoms with E-state index in [4.69, 9.17) is 9.47 Å². The number of aromatic nitrogens is 4. The smallest absolute Gasteiger partial charge is 0.274 e. The van der Waals surface area contributed by atoms with Crippen LogP contribution in [0.25, 0.3) is 21.8 Å². The first kappa shape index (κ1) is 45.1. The van der Waals surface area contributed by atoms with Gasteiger partial charge in [0.15, 0.2) is 0 Å². The van der Waals surface area contributed by atoms with E-state index in [0.717, 1.165) is 32.8 Å². The summed E-state index contributed by atoms with van der Waals surface area (Å²) in [5.41, 5.74) is 7.54. The second-order valence-corrected chi connectivity index (χ2v) is 17.7. The van der Waals surface area contributed by atoms with E-state index in [-0.39, 0.29) is 49.5 Å². The molecule has 0 aliphatic carbocycles. The Hall–Kier alpha value is -6.91. The highest BCUT2D eigenvalue weighted by atomic mass is 32.1. The van der Waals surface area contributed by atoms with Gasteiger partial charge in [-0.05, 0) is 71.8 Å². The van der Waals surface area contributed by atoms with Crippen LogP contribution in [0.3, 0.4) is 0 Å².